The fourth-order valence-corrected chi connectivity index (χ4v) is 4.90. The molecule has 0 aromatic carbocycles. The molecule has 3 heterocycles. The van der Waals surface area contributed by atoms with Crippen LogP contribution in [0.2, 0.25) is 0 Å². The predicted molar refractivity (Wildman–Crippen MR) is 114 cm³/mol. The van der Waals surface area contributed by atoms with Crippen LogP contribution in [0.25, 0.3) is 0 Å². The highest BCUT2D eigenvalue weighted by atomic mass is 32.1. The lowest BCUT2D eigenvalue weighted by atomic mass is 9.77. The van der Waals surface area contributed by atoms with E-state index in [1.54, 1.807) is 6.26 Å². The molecule has 0 aliphatic carbocycles. The Morgan fingerprint density at radius 1 is 1.32 bits per heavy atom. The van der Waals surface area contributed by atoms with Gasteiger partial charge in [-0.1, -0.05) is 26.8 Å². The van der Waals surface area contributed by atoms with Crippen LogP contribution in [0.1, 0.15) is 75.2 Å². The van der Waals surface area contributed by atoms with E-state index in [0.717, 1.165) is 36.4 Å². The summed E-state index contributed by atoms with van der Waals surface area (Å²) in [6, 6.07) is 8.08. The van der Waals surface area contributed by atoms with Crippen LogP contribution in [0.5, 0.6) is 0 Å². The standard InChI is InChI=1S/C23H33NO3S/c1-22(2,3)18(19-8-6-13-26-19)10-12-24(21(25)20-9-7-15-28-20)17-11-14-27-23(4,5)16-17/h6-9,13,15,17-18H,10-12,14,16H2,1-5H3/t17-,18-/m0/s1. The molecule has 28 heavy (non-hydrogen) atoms. The van der Waals surface area contributed by atoms with E-state index in [-0.39, 0.29) is 28.9 Å². The van der Waals surface area contributed by atoms with Crippen molar-refractivity contribution in [1.82, 2.24) is 4.90 Å². The Labute approximate surface area is 172 Å². The molecule has 1 fully saturated rings. The number of carbonyl (C=O) groups is 1. The Morgan fingerprint density at radius 2 is 2.11 bits per heavy atom. The molecule has 2 atom stereocenters. The minimum absolute atomic E-state index is 0.0600. The average molecular weight is 404 g/mol. The zero-order chi connectivity index (χ0) is 20.4. The topological polar surface area (TPSA) is 42.7 Å². The normalized spacial score (nSPS) is 20.7. The lowest BCUT2D eigenvalue weighted by molar-refractivity contribution is -0.0786. The monoisotopic (exact) mass is 403 g/mol. The van der Waals surface area contributed by atoms with E-state index in [1.807, 2.05) is 23.6 Å². The molecule has 154 valence electrons. The van der Waals surface area contributed by atoms with Crippen molar-refractivity contribution >= 4 is 17.2 Å². The van der Waals surface area contributed by atoms with Crippen LogP contribution in [0, 0.1) is 5.41 Å². The fraction of sp³-hybridized carbons (Fsp3) is 0.609. The number of nitrogens with zero attached hydrogens (tertiary/aromatic N) is 1. The van der Waals surface area contributed by atoms with Crippen LogP contribution in [0.3, 0.4) is 0 Å². The summed E-state index contributed by atoms with van der Waals surface area (Å²) in [6.07, 6.45) is 4.38. The van der Waals surface area contributed by atoms with Gasteiger partial charge in [0.15, 0.2) is 0 Å². The number of amides is 1. The summed E-state index contributed by atoms with van der Waals surface area (Å²) in [5, 5.41) is 1.97. The Bertz CT molecular complexity index is 743. The van der Waals surface area contributed by atoms with E-state index >= 15 is 0 Å². The van der Waals surface area contributed by atoms with Crippen LogP contribution < -0.4 is 0 Å². The van der Waals surface area contributed by atoms with Gasteiger partial charge >= 0.3 is 0 Å². The average Bonchev–Trinajstić information content (AvgIpc) is 3.29. The number of carbonyl (C=O) groups excluding carboxylic acids is 1. The van der Waals surface area contributed by atoms with Gasteiger partial charge in [0.1, 0.15) is 5.76 Å². The van der Waals surface area contributed by atoms with Crippen LogP contribution in [-0.4, -0.2) is 35.6 Å². The number of rotatable bonds is 6. The fourth-order valence-electron chi connectivity index (χ4n) is 4.22. The third-order valence-corrected chi connectivity index (χ3v) is 6.55. The van der Waals surface area contributed by atoms with Gasteiger partial charge in [-0.05, 0) is 62.1 Å². The van der Waals surface area contributed by atoms with Crippen molar-refractivity contribution in [1.29, 1.82) is 0 Å². The maximum Gasteiger partial charge on any atom is 0.264 e. The zero-order valence-electron chi connectivity index (χ0n) is 17.7. The first-order chi connectivity index (χ1) is 13.2. The lowest BCUT2D eigenvalue weighted by Gasteiger charge is -2.42. The lowest BCUT2D eigenvalue weighted by Crippen LogP contribution is -2.49. The van der Waals surface area contributed by atoms with E-state index in [2.05, 4.69) is 45.6 Å². The van der Waals surface area contributed by atoms with Crippen molar-refractivity contribution < 1.29 is 13.9 Å². The molecule has 1 aliphatic heterocycles. The van der Waals surface area contributed by atoms with Crippen molar-refractivity contribution in [3.05, 3.63) is 46.5 Å². The minimum atomic E-state index is -0.193. The maximum atomic E-state index is 13.3. The number of hydrogen-bond acceptors (Lipinski definition) is 4. The van der Waals surface area contributed by atoms with Crippen LogP contribution in [-0.2, 0) is 4.74 Å². The molecular formula is C23H33NO3S. The first-order valence-electron chi connectivity index (χ1n) is 10.2. The summed E-state index contributed by atoms with van der Waals surface area (Å²) in [5.41, 5.74) is -0.133. The molecule has 5 heteroatoms. The van der Waals surface area contributed by atoms with Gasteiger partial charge in [0, 0.05) is 25.1 Å². The Hall–Kier alpha value is -1.59. The van der Waals surface area contributed by atoms with Gasteiger partial charge in [-0.2, -0.15) is 0 Å². The van der Waals surface area contributed by atoms with Gasteiger partial charge in [0.25, 0.3) is 5.91 Å². The molecule has 1 amide bonds. The molecule has 4 nitrogen and oxygen atoms in total. The van der Waals surface area contributed by atoms with Crippen molar-refractivity contribution in [2.24, 2.45) is 5.41 Å². The van der Waals surface area contributed by atoms with E-state index in [4.69, 9.17) is 9.15 Å². The smallest absolute Gasteiger partial charge is 0.264 e. The maximum absolute atomic E-state index is 13.3. The first kappa shape index (κ1) is 21.1. The highest BCUT2D eigenvalue weighted by molar-refractivity contribution is 7.12. The quantitative estimate of drug-likeness (QED) is 0.597. The molecule has 0 radical (unpaired) electrons. The molecular weight excluding hydrogens is 370 g/mol. The van der Waals surface area contributed by atoms with Crippen molar-refractivity contribution in [2.75, 3.05) is 13.2 Å². The second-order valence-electron chi connectivity index (χ2n) is 9.45. The van der Waals surface area contributed by atoms with E-state index in [0.29, 0.717) is 6.61 Å². The van der Waals surface area contributed by atoms with E-state index in [1.165, 1.54) is 11.3 Å². The largest absolute Gasteiger partial charge is 0.469 e. The summed E-state index contributed by atoms with van der Waals surface area (Å²) in [6.45, 7) is 12.4. The first-order valence-corrected chi connectivity index (χ1v) is 11.1. The van der Waals surface area contributed by atoms with Crippen LogP contribution in [0.15, 0.2) is 40.3 Å². The number of ether oxygens (including phenoxy) is 1. The number of thiophene rings is 1. The van der Waals surface area contributed by atoms with E-state index in [9.17, 15) is 4.79 Å². The Balaban J connectivity index is 1.81. The van der Waals surface area contributed by atoms with Crippen molar-refractivity contribution in [3.8, 4) is 0 Å². The SMILES string of the molecule is CC1(C)C[C@@H](N(CC[C@@H](c2ccco2)C(C)(C)C)C(=O)c2cccs2)CCO1. The van der Waals surface area contributed by atoms with Crippen molar-refractivity contribution in [2.45, 2.75) is 71.4 Å². The van der Waals surface area contributed by atoms with Gasteiger partial charge in [-0.3, -0.25) is 4.79 Å². The predicted octanol–water partition coefficient (Wildman–Crippen LogP) is 5.96. The highest BCUT2D eigenvalue weighted by Crippen LogP contribution is 2.39. The van der Waals surface area contributed by atoms with Gasteiger partial charge in [-0.15, -0.1) is 11.3 Å². The molecule has 3 rings (SSSR count). The molecule has 0 N–H and O–H groups in total. The van der Waals surface area contributed by atoms with Crippen molar-refractivity contribution in [3.63, 3.8) is 0 Å². The molecule has 0 saturated carbocycles. The molecule has 1 aliphatic rings. The molecule has 0 spiro atoms. The number of hydrogen-bond donors (Lipinski definition) is 0. The zero-order valence-corrected chi connectivity index (χ0v) is 18.6. The van der Waals surface area contributed by atoms with Gasteiger partial charge in [-0.25, -0.2) is 0 Å². The number of furan rings is 1. The van der Waals surface area contributed by atoms with Crippen LogP contribution in [0.4, 0.5) is 0 Å². The van der Waals surface area contributed by atoms with Gasteiger partial charge in [0.2, 0.25) is 0 Å². The second-order valence-corrected chi connectivity index (χ2v) is 10.4. The third-order valence-electron chi connectivity index (χ3n) is 5.70. The Kier molecular flexibility index (Phi) is 6.35. The summed E-state index contributed by atoms with van der Waals surface area (Å²) in [5.74, 6) is 1.40. The molecule has 2 aromatic rings. The summed E-state index contributed by atoms with van der Waals surface area (Å²) in [7, 11) is 0. The second kappa shape index (κ2) is 8.42. The van der Waals surface area contributed by atoms with Crippen LogP contribution >= 0.6 is 11.3 Å². The summed E-state index contributed by atoms with van der Waals surface area (Å²) < 4.78 is 11.6. The molecule has 2 aromatic heterocycles. The molecule has 0 unspecified atom stereocenters. The van der Waals surface area contributed by atoms with Gasteiger partial charge in [0.05, 0.1) is 16.7 Å². The third kappa shape index (κ3) is 5.06. The van der Waals surface area contributed by atoms with E-state index < -0.39 is 0 Å². The Morgan fingerprint density at radius 3 is 2.68 bits per heavy atom. The highest BCUT2D eigenvalue weighted by Gasteiger charge is 2.36. The summed E-state index contributed by atoms with van der Waals surface area (Å²) >= 11 is 1.52. The minimum Gasteiger partial charge on any atom is -0.469 e. The molecule has 0 bridgehead atoms. The molecule has 1 saturated heterocycles. The van der Waals surface area contributed by atoms with Gasteiger partial charge < -0.3 is 14.1 Å². The summed E-state index contributed by atoms with van der Waals surface area (Å²) in [4.78, 5) is 16.2.